The van der Waals surface area contributed by atoms with Crippen molar-refractivity contribution < 1.29 is 9.59 Å². The largest absolute Gasteiger partial charge is 0.352 e. The molecule has 1 fully saturated rings. The minimum absolute atomic E-state index is 0.0276. The zero-order valence-corrected chi connectivity index (χ0v) is 18.1. The van der Waals surface area contributed by atoms with E-state index < -0.39 is 0 Å². The number of hydrogen-bond donors (Lipinski definition) is 1. The molecule has 4 rings (SSSR count). The lowest BCUT2D eigenvalue weighted by molar-refractivity contribution is -0.129. The zero-order chi connectivity index (χ0) is 20.9. The summed E-state index contributed by atoms with van der Waals surface area (Å²) in [5.41, 5.74) is 4.35. The minimum Gasteiger partial charge on any atom is -0.352 e. The fraction of sp³-hybridized carbons (Fsp3) is 0.200. The summed E-state index contributed by atoms with van der Waals surface area (Å²) >= 11 is 3.46. The maximum Gasteiger partial charge on any atom is 0.225 e. The van der Waals surface area contributed by atoms with Crippen LogP contribution in [0.2, 0.25) is 0 Å². The minimum atomic E-state index is -0.312. The van der Waals surface area contributed by atoms with Crippen LogP contribution in [0.25, 0.3) is 11.1 Å². The molecule has 1 aliphatic heterocycles. The molecule has 5 heteroatoms. The van der Waals surface area contributed by atoms with Gasteiger partial charge in [-0.2, -0.15) is 0 Å². The van der Waals surface area contributed by atoms with Crippen LogP contribution < -0.4 is 5.32 Å². The number of amides is 2. The SMILES string of the molecule is O=C(NCc1ccccc1-c1ccccc1)[C@H]1CC(=O)N(Cc2cccc(Br)c2)C1. The number of halogens is 1. The van der Waals surface area contributed by atoms with E-state index in [4.69, 9.17) is 0 Å². The quantitative estimate of drug-likeness (QED) is 0.572. The molecule has 0 bridgehead atoms. The maximum atomic E-state index is 12.8. The van der Waals surface area contributed by atoms with Gasteiger partial charge in [-0.05, 0) is 34.4 Å². The second kappa shape index (κ2) is 9.26. The Kier molecular flexibility index (Phi) is 6.29. The van der Waals surface area contributed by atoms with Crippen molar-refractivity contribution in [2.45, 2.75) is 19.5 Å². The summed E-state index contributed by atoms with van der Waals surface area (Å²) in [7, 11) is 0. The number of nitrogens with zero attached hydrogens (tertiary/aromatic N) is 1. The normalized spacial score (nSPS) is 16.0. The molecule has 1 aliphatic rings. The van der Waals surface area contributed by atoms with Crippen LogP contribution in [0.4, 0.5) is 0 Å². The van der Waals surface area contributed by atoms with E-state index in [-0.39, 0.29) is 24.2 Å². The predicted octanol–water partition coefficient (Wildman–Crippen LogP) is 4.78. The van der Waals surface area contributed by atoms with E-state index in [1.54, 1.807) is 4.90 Å². The summed E-state index contributed by atoms with van der Waals surface area (Å²) in [5.74, 6) is -0.351. The lowest BCUT2D eigenvalue weighted by Gasteiger charge is -2.17. The van der Waals surface area contributed by atoms with E-state index in [9.17, 15) is 9.59 Å². The molecule has 3 aromatic carbocycles. The number of carbonyl (C=O) groups is 2. The van der Waals surface area contributed by atoms with Gasteiger partial charge in [-0.3, -0.25) is 9.59 Å². The highest BCUT2D eigenvalue weighted by Gasteiger charge is 2.34. The highest BCUT2D eigenvalue weighted by Crippen LogP contribution is 2.25. The molecule has 0 radical (unpaired) electrons. The van der Waals surface area contributed by atoms with Crippen molar-refractivity contribution in [3.8, 4) is 11.1 Å². The summed E-state index contributed by atoms with van der Waals surface area (Å²) < 4.78 is 0.984. The molecule has 4 nitrogen and oxygen atoms in total. The lowest BCUT2D eigenvalue weighted by atomic mass is 9.99. The molecule has 0 unspecified atom stereocenters. The smallest absolute Gasteiger partial charge is 0.225 e. The Labute approximate surface area is 185 Å². The van der Waals surface area contributed by atoms with Crippen LogP contribution >= 0.6 is 15.9 Å². The van der Waals surface area contributed by atoms with E-state index in [0.717, 1.165) is 26.7 Å². The van der Waals surface area contributed by atoms with Crippen molar-refractivity contribution in [2.75, 3.05) is 6.54 Å². The van der Waals surface area contributed by atoms with Crippen LogP contribution in [0.5, 0.6) is 0 Å². The summed E-state index contributed by atoms with van der Waals surface area (Å²) in [6, 6.07) is 26.1. The number of nitrogens with one attached hydrogen (secondary N) is 1. The lowest BCUT2D eigenvalue weighted by Crippen LogP contribution is -2.32. The molecular formula is C25H23BrN2O2. The van der Waals surface area contributed by atoms with Crippen molar-refractivity contribution >= 4 is 27.7 Å². The van der Waals surface area contributed by atoms with Crippen molar-refractivity contribution in [1.82, 2.24) is 10.2 Å². The Hall–Kier alpha value is -2.92. The van der Waals surface area contributed by atoms with Gasteiger partial charge in [-0.15, -0.1) is 0 Å². The Morgan fingerprint density at radius 2 is 1.77 bits per heavy atom. The van der Waals surface area contributed by atoms with E-state index in [1.807, 2.05) is 60.7 Å². The third-order valence-corrected chi connectivity index (χ3v) is 5.90. The van der Waals surface area contributed by atoms with E-state index in [2.05, 4.69) is 39.4 Å². The predicted molar refractivity (Wildman–Crippen MR) is 121 cm³/mol. The second-order valence-corrected chi connectivity index (χ2v) is 8.46. The van der Waals surface area contributed by atoms with Gasteiger partial charge in [0.1, 0.15) is 0 Å². The Morgan fingerprint density at radius 3 is 2.57 bits per heavy atom. The van der Waals surface area contributed by atoms with Crippen LogP contribution in [0, 0.1) is 5.92 Å². The third kappa shape index (κ3) is 4.79. The number of likely N-dealkylation sites (tertiary alicyclic amines) is 1. The second-order valence-electron chi connectivity index (χ2n) is 7.55. The summed E-state index contributed by atoms with van der Waals surface area (Å²) in [6.45, 7) is 1.43. The highest BCUT2D eigenvalue weighted by atomic mass is 79.9. The molecule has 1 atom stereocenters. The molecule has 152 valence electrons. The maximum absolute atomic E-state index is 12.8. The zero-order valence-electron chi connectivity index (χ0n) is 16.6. The Morgan fingerprint density at radius 1 is 1.00 bits per heavy atom. The molecule has 0 aliphatic carbocycles. The van der Waals surface area contributed by atoms with Crippen molar-refractivity contribution in [3.05, 3.63) is 94.5 Å². The van der Waals surface area contributed by atoms with Crippen molar-refractivity contribution in [3.63, 3.8) is 0 Å². The van der Waals surface area contributed by atoms with E-state index in [1.165, 1.54) is 0 Å². The molecule has 2 amide bonds. The van der Waals surface area contributed by atoms with Gasteiger partial charge in [0, 0.05) is 30.5 Å². The number of carbonyl (C=O) groups excluding carboxylic acids is 2. The van der Waals surface area contributed by atoms with E-state index in [0.29, 0.717) is 19.6 Å². The monoisotopic (exact) mass is 462 g/mol. The van der Waals surface area contributed by atoms with Crippen LogP contribution in [0.15, 0.2) is 83.3 Å². The van der Waals surface area contributed by atoms with Gasteiger partial charge in [-0.25, -0.2) is 0 Å². The molecule has 1 N–H and O–H groups in total. The van der Waals surface area contributed by atoms with Crippen LogP contribution in [0.1, 0.15) is 17.5 Å². The number of rotatable bonds is 6. The third-order valence-electron chi connectivity index (χ3n) is 5.40. The van der Waals surface area contributed by atoms with Gasteiger partial charge in [0.2, 0.25) is 11.8 Å². The topological polar surface area (TPSA) is 49.4 Å². The van der Waals surface area contributed by atoms with Crippen LogP contribution in [-0.4, -0.2) is 23.3 Å². The average molecular weight is 463 g/mol. The molecule has 0 spiro atoms. The summed E-state index contributed by atoms with van der Waals surface area (Å²) in [4.78, 5) is 27.0. The molecule has 1 heterocycles. The highest BCUT2D eigenvalue weighted by molar-refractivity contribution is 9.10. The molecule has 3 aromatic rings. The van der Waals surface area contributed by atoms with Crippen molar-refractivity contribution in [1.29, 1.82) is 0 Å². The van der Waals surface area contributed by atoms with Gasteiger partial charge in [-0.1, -0.05) is 82.7 Å². The molecule has 0 saturated carbocycles. The van der Waals surface area contributed by atoms with Crippen molar-refractivity contribution in [2.24, 2.45) is 5.92 Å². The van der Waals surface area contributed by atoms with Gasteiger partial charge in [0.05, 0.1) is 5.92 Å². The molecule has 1 saturated heterocycles. The first kappa shape index (κ1) is 20.4. The summed E-state index contributed by atoms with van der Waals surface area (Å²) in [6.07, 6.45) is 0.264. The summed E-state index contributed by atoms with van der Waals surface area (Å²) in [5, 5.41) is 3.04. The molecule has 30 heavy (non-hydrogen) atoms. The average Bonchev–Trinajstić information content (AvgIpc) is 3.13. The van der Waals surface area contributed by atoms with Gasteiger partial charge < -0.3 is 10.2 Å². The molecule has 0 aromatic heterocycles. The van der Waals surface area contributed by atoms with E-state index >= 15 is 0 Å². The fourth-order valence-corrected chi connectivity index (χ4v) is 4.30. The van der Waals surface area contributed by atoms with Crippen LogP contribution in [-0.2, 0) is 22.7 Å². The molecular weight excluding hydrogens is 440 g/mol. The standard InChI is InChI=1S/C25H23BrN2O2/c26-22-11-6-7-18(13-22)16-28-17-21(14-24(28)29)25(30)27-15-20-10-4-5-12-23(20)19-8-2-1-3-9-19/h1-13,21H,14-17H2,(H,27,30)/t21-/m0/s1. The fourth-order valence-electron chi connectivity index (χ4n) is 3.86. The number of benzene rings is 3. The first-order valence-electron chi connectivity index (χ1n) is 10.0. The first-order chi connectivity index (χ1) is 14.6. The van der Waals surface area contributed by atoms with Gasteiger partial charge in [0.15, 0.2) is 0 Å². The van der Waals surface area contributed by atoms with Gasteiger partial charge >= 0.3 is 0 Å². The van der Waals surface area contributed by atoms with Crippen LogP contribution in [0.3, 0.4) is 0 Å². The Balaban J connectivity index is 1.38. The Bertz CT molecular complexity index is 1050. The van der Waals surface area contributed by atoms with Gasteiger partial charge in [0.25, 0.3) is 0 Å². The number of hydrogen-bond acceptors (Lipinski definition) is 2. The first-order valence-corrected chi connectivity index (χ1v) is 10.8.